The lowest BCUT2D eigenvalue weighted by Gasteiger charge is -2.27. The van der Waals surface area contributed by atoms with Gasteiger partial charge < -0.3 is 15.0 Å². The Morgan fingerprint density at radius 3 is 2.71 bits per heavy atom. The van der Waals surface area contributed by atoms with E-state index in [1.807, 2.05) is 4.90 Å². The monoisotopic (exact) mass is 316 g/mol. The molecule has 1 amide bonds. The van der Waals surface area contributed by atoms with Gasteiger partial charge >= 0.3 is 0 Å². The maximum atomic E-state index is 12.7. The first kappa shape index (κ1) is 17.0. The largest absolute Gasteiger partial charge is 0.376 e. The molecule has 1 N–H and O–H groups in total. The third-order valence-corrected chi connectivity index (χ3v) is 5.30. The Morgan fingerprint density at radius 1 is 1.24 bits per heavy atom. The molecule has 1 saturated carbocycles. The number of nitrogens with zero attached hydrogens (tertiary/aromatic N) is 1. The predicted molar refractivity (Wildman–Crippen MR) is 85.8 cm³/mol. The minimum absolute atomic E-state index is 0. The lowest BCUT2D eigenvalue weighted by Crippen LogP contribution is -2.47. The smallest absolute Gasteiger partial charge is 0.239 e. The molecule has 1 aliphatic carbocycles. The van der Waals surface area contributed by atoms with E-state index in [1.54, 1.807) is 0 Å². The zero-order valence-electron chi connectivity index (χ0n) is 13.1. The molecule has 2 aliphatic heterocycles. The summed E-state index contributed by atoms with van der Waals surface area (Å²) in [5, 5.41) is 3.60. The number of ether oxygens (including phenoxy) is 1. The van der Waals surface area contributed by atoms with Crippen molar-refractivity contribution in [1.29, 1.82) is 0 Å². The number of amides is 1. The van der Waals surface area contributed by atoms with E-state index in [1.165, 1.54) is 25.7 Å². The molecule has 4 atom stereocenters. The van der Waals surface area contributed by atoms with Crippen molar-refractivity contribution in [2.24, 2.45) is 5.92 Å². The van der Waals surface area contributed by atoms with Gasteiger partial charge in [-0.05, 0) is 44.9 Å². The zero-order chi connectivity index (χ0) is 13.9. The van der Waals surface area contributed by atoms with Gasteiger partial charge in [0.2, 0.25) is 5.91 Å². The maximum absolute atomic E-state index is 12.7. The molecule has 4 nitrogen and oxygen atoms in total. The van der Waals surface area contributed by atoms with E-state index in [-0.39, 0.29) is 24.6 Å². The van der Waals surface area contributed by atoms with E-state index in [0.29, 0.717) is 11.9 Å². The van der Waals surface area contributed by atoms with Gasteiger partial charge in [0.15, 0.2) is 0 Å². The fraction of sp³-hybridized carbons (Fsp3) is 0.938. The highest BCUT2D eigenvalue weighted by molar-refractivity contribution is 5.85. The summed E-state index contributed by atoms with van der Waals surface area (Å²) in [7, 11) is 0. The van der Waals surface area contributed by atoms with Gasteiger partial charge in [0.05, 0.1) is 12.1 Å². The molecule has 0 aromatic carbocycles. The van der Waals surface area contributed by atoms with Crippen molar-refractivity contribution in [3.8, 4) is 0 Å². The summed E-state index contributed by atoms with van der Waals surface area (Å²) in [6.45, 7) is 4.52. The molecule has 0 aromatic heterocycles. The minimum Gasteiger partial charge on any atom is -0.376 e. The summed E-state index contributed by atoms with van der Waals surface area (Å²) in [5.74, 6) is 1.04. The number of hydrogen-bond acceptors (Lipinski definition) is 3. The summed E-state index contributed by atoms with van der Waals surface area (Å²) in [6.07, 6.45) is 8.79. The third kappa shape index (κ3) is 3.91. The van der Waals surface area contributed by atoms with Crippen LogP contribution in [0.3, 0.4) is 0 Å². The van der Waals surface area contributed by atoms with Crippen LogP contribution >= 0.6 is 12.4 Å². The fourth-order valence-corrected chi connectivity index (χ4v) is 4.14. The first-order chi connectivity index (χ1) is 9.78. The van der Waals surface area contributed by atoms with Crippen molar-refractivity contribution in [2.45, 2.75) is 70.1 Å². The van der Waals surface area contributed by atoms with Gasteiger partial charge in [-0.15, -0.1) is 12.4 Å². The standard InChI is InChI=1S/C16H28N2O2.ClH/c1-2-18(11-13-7-5-9-20-13)16(19)15-10-12-6-3-4-8-14(12)17-15;/h12-15,17H,2-11H2,1H3;1H. The minimum atomic E-state index is 0. The van der Waals surface area contributed by atoms with E-state index < -0.39 is 0 Å². The average Bonchev–Trinajstić information content (AvgIpc) is 3.12. The molecule has 2 heterocycles. The Bertz CT molecular complexity index is 329. The van der Waals surface area contributed by atoms with Crippen molar-refractivity contribution in [3.63, 3.8) is 0 Å². The lowest BCUT2D eigenvalue weighted by molar-refractivity contribution is -0.134. The Morgan fingerprint density at radius 2 is 2.05 bits per heavy atom. The molecule has 5 heteroatoms. The Balaban J connectivity index is 0.00000161. The van der Waals surface area contributed by atoms with Gasteiger partial charge in [-0.1, -0.05) is 12.8 Å². The Labute approximate surface area is 134 Å². The lowest BCUT2D eigenvalue weighted by atomic mass is 9.85. The molecular formula is C16H29ClN2O2. The van der Waals surface area contributed by atoms with Crippen LogP contribution in [0.2, 0.25) is 0 Å². The molecule has 2 saturated heterocycles. The molecule has 21 heavy (non-hydrogen) atoms. The van der Waals surface area contributed by atoms with E-state index in [4.69, 9.17) is 4.74 Å². The highest BCUT2D eigenvalue weighted by atomic mass is 35.5. The number of carbonyl (C=O) groups excluding carboxylic acids is 1. The number of nitrogens with one attached hydrogen (secondary N) is 1. The van der Waals surface area contributed by atoms with Crippen molar-refractivity contribution in [3.05, 3.63) is 0 Å². The van der Waals surface area contributed by atoms with E-state index >= 15 is 0 Å². The van der Waals surface area contributed by atoms with E-state index in [9.17, 15) is 4.79 Å². The van der Waals surface area contributed by atoms with Crippen LogP contribution in [-0.2, 0) is 9.53 Å². The molecule has 0 aromatic rings. The van der Waals surface area contributed by atoms with E-state index in [0.717, 1.165) is 44.9 Å². The predicted octanol–water partition coefficient (Wildman–Crippen LogP) is 2.36. The van der Waals surface area contributed by atoms with Crippen molar-refractivity contribution in [1.82, 2.24) is 10.2 Å². The van der Waals surface area contributed by atoms with Crippen LogP contribution in [0.25, 0.3) is 0 Å². The Kier molecular flexibility index (Phi) is 6.33. The van der Waals surface area contributed by atoms with Crippen LogP contribution in [0.15, 0.2) is 0 Å². The first-order valence-corrected chi connectivity index (χ1v) is 8.44. The molecule has 3 aliphatic rings. The molecule has 0 spiro atoms. The van der Waals surface area contributed by atoms with Crippen LogP contribution in [0.5, 0.6) is 0 Å². The number of rotatable bonds is 4. The second-order valence-corrected chi connectivity index (χ2v) is 6.62. The Hall–Kier alpha value is -0.320. The van der Waals surface area contributed by atoms with Crippen LogP contribution < -0.4 is 5.32 Å². The van der Waals surface area contributed by atoms with E-state index in [2.05, 4.69) is 12.2 Å². The summed E-state index contributed by atoms with van der Waals surface area (Å²) < 4.78 is 5.68. The third-order valence-electron chi connectivity index (χ3n) is 5.30. The molecule has 122 valence electrons. The topological polar surface area (TPSA) is 41.6 Å². The molecule has 0 radical (unpaired) electrons. The van der Waals surface area contributed by atoms with Gasteiger partial charge in [0.1, 0.15) is 0 Å². The normalized spacial score (nSPS) is 35.1. The van der Waals surface area contributed by atoms with Crippen LogP contribution in [0.1, 0.15) is 51.9 Å². The summed E-state index contributed by atoms with van der Waals surface area (Å²) in [5.41, 5.74) is 0. The summed E-state index contributed by atoms with van der Waals surface area (Å²) in [4.78, 5) is 14.7. The fourth-order valence-electron chi connectivity index (χ4n) is 4.14. The SMILES string of the molecule is CCN(CC1CCCO1)C(=O)C1CC2CCCCC2N1.Cl. The quantitative estimate of drug-likeness (QED) is 0.865. The van der Waals surface area contributed by atoms with Gasteiger partial charge in [-0.3, -0.25) is 4.79 Å². The summed E-state index contributed by atoms with van der Waals surface area (Å²) >= 11 is 0. The van der Waals surface area contributed by atoms with Crippen molar-refractivity contribution in [2.75, 3.05) is 19.7 Å². The molecule has 0 bridgehead atoms. The molecule has 3 rings (SSSR count). The highest BCUT2D eigenvalue weighted by Gasteiger charge is 2.39. The highest BCUT2D eigenvalue weighted by Crippen LogP contribution is 2.33. The molecular weight excluding hydrogens is 288 g/mol. The van der Waals surface area contributed by atoms with Gasteiger partial charge in [-0.2, -0.15) is 0 Å². The van der Waals surface area contributed by atoms with Crippen molar-refractivity contribution < 1.29 is 9.53 Å². The van der Waals surface area contributed by atoms with Crippen molar-refractivity contribution >= 4 is 18.3 Å². The zero-order valence-corrected chi connectivity index (χ0v) is 13.9. The maximum Gasteiger partial charge on any atom is 0.239 e. The van der Waals surface area contributed by atoms with Crippen LogP contribution in [0.4, 0.5) is 0 Å². The number of likely N-dealkylation sites (N-methyl/N-ethyl adjacent to an activating group) is 1. The summed E-state index contributed by atoms with van der Waals surface area (Å²) in [6, 6.07) is 0.656. The molecule has 3 fully saturated rings. The second-order valence-electron chi connectivity index (χ2n) is 6.62. The van der Waals surface area contributed by atoms with Gasteiger partial charge in [0, 0.05) is 25.7 Å². The number of fused-ring (bicyclic) bond motifs is 1. The van der Waals surface area contributed by atoms with Crippen LogP contribution in [-0.4, -0.2) is 48.7 Å². The second kappa shape index (κ2) is 7.80. The average molecular weight is 317 g/mol. The van der Waals surface area contributed by atoms with Crippen LogP contribution in [0, 0.1) is 5.92 Å². The number of halogens is 1. The van der Waals surface area contributed by atoms with Gasteiger partial charge in [-0.25, -0.2) is 0 Å². The van der Waals surface area contributed by atoms with Gasteiger partial charge in [0.25, 0.3) is 0 Å². The number of carbonyl (C=O) groups is 1. The number of hydrogen-bond donors (Lipinski definition) is 1. The first-order valence-electron chi connectivity index (χ1n) is 8.44. The molecule has 4 unspecified atom stereocenters.